The maximum atomic E-state index is 9.54. The zero-order valence-electron chi connectivity index (χ0n) is 9.26. The van der Waals surface area contributed by atoms with E-state index in [2.05, 4.69) is 0 Å². The number of carboxylic acids is 1. The van der Waals surface area contributed by atoms with Gasteiger partial charge in [-0.3, -0.25) is 4.79 Å². The molecule has 6 heteroatoms. The second kappa shape index (κ2) is 12.8. The number of hydrogen-bond acceptors (Lipinski definition) is 2. The Labute approximate surface area is 124 Å². The Morgan fingerprint density at radius 2 is 1.33 bits per heavy atom. The fourth-order valence-corrected chi connectivity index (χ4v) is 0. The number of carbonyl (C=O) groups excluding carboxylic acids is 1. The van der Waals surface area contributed by atoms with Crippen molar-refractivity contribution in [3.63, 3.8) is 0 Å². The van der Waals surface area contributed by atoms with Gasteiger partial charge in [0.15, 0.2) is 0 Å². The first kappa shape index (κ1) is 22.5. The molecule has 1 N–H and O–H groups in total. The summed E-state index contributed by atoms with van der Waals surface area (Å²) in [6.07, 6.45) is 0. The summed E-state index contributed by atoms with van der Waals surface area (Å²) in [5.74, 6) is -2.20. The van der Waals surface area contributed by atoms with Crippen LogP contribution in [0.4, 0.5) is 0 Å². The van der Waals surface area contributed by atoms with Crippen LogP contribution in [-0.4, -0.2) is 16.9 Å². The van der Waals surface area contributed by atoms with Crippen molar-refractivity contribution in [1.29, 1.82) is 0 Å². The van der Waals surface area contributed by atoms with Crippen LogP contribution in [0.3, 0.4) is 0 Å². The van der Waals surface area contributed by atoms with Gasteiger partial charge in [-0.25, -0.2) is 4.79 Å². The van der Waals surface area contributed by atoms with Gasteiger partial charge in [-0.2, -0.15) is 0 Å². The Balaban J connectivity index is -0.00000000833. The van der Waals surface area contributed by atoms with E-state index in [-0.39, 0.29) is 93.0 Å². The van der Waals surface area contributed by atoms with Crippen molar-refractivity contribution in [3.8, 4) is 0 Å². The number of ketones is 1. The molecule has 0 amide bonds. The molecule has 0 fully saturated rings. The molecule has 0 unspecified atom stereocenters. The van der Waals surface area contributed by atoms with E-state index in [4.69, 9.17) is 5.11 Å². The van der Waals surface area contributed by atoms with E-state index in [1.165, 1.54) is 0 Å². The molecule has 0 rings (SSSR count). The fraction of sp³-hybridized carbons (Fsp3) is 0.333. The second-order valence-corrected chi connectivity index (χ2v) is 0.861. The summed E-state index contributed by atoms with van der Waals surface area (Å²) in [5.41, 5.74) is 0. The van der Waals surface area contributed by atoms with Gasteiger partial charge >= 0.3 is 94.6 Å². The van der Waals surface area contributed by atoms with E-state index in [1.54, 1.807) is 0 Å². The molecule has 0 radical (unpaired) electrons. The number of Topliss-reactive ketones (excluding diaryl/α,β-unsaturated/α-hetero) is 1. The molecule has 0 aromatic heterocycles. The van der Waals surface area contributed by atoms with Crippen LogP contribution in [0.15, 0.2) is 0 Å². The number of carbonyl (C=O) groups is 2. The smallest absolute Gasteiger partial charge is 1.00 e. The minimum atomic E-state index is -1.38. The molecule has 0 aliphatic rings. The zero-order valence-corrected chi connectivity index (χ0v) is 12.3. The van der Waals surface area contributed by atoms with Gasteiger partial charge in [0.25, 0.3) is 0 Å². The molecule has 9 heavy (non-hydrogen) atoms. The first-order valence-electron chi connectivity index (χ1n) is 1.38. The Hall–Kier alpha value is 2.14. The number of aliphatic carboxylic acids is 1. The first-order valence-corrected chi connectivity index (χ1v) is 1.38. The van der Waals surface area contributed by atoms with E-state index in [0.717, 1.165) is 6.92 Å². The normalized spacial score (nSPS) is 5.00. The minimum Gasteiger partial charge on any atom is -1.00 e. The van der Waals surface area contributed by atoms with Crippen LogP contribution in [0.1, 0.15) is 11.2 Å². The van der Waals surface area contributed by atoms with Crippen LogP contribution in [0.2, 0.25) is 0 Å². The predicted molar refractivity (Wildman–Crippen MR) is 21.7 cm³/mol. The van der Waals surface area contributed by atoms with Gasteiger partial charge in [-0.05, 0) is 0 Å². The molecule has 0 bridgehead atoms. The SMILES string of the molecule is CC(=O)C(=O)O.[H-].[H-].[H-].[Na+].[Na+].[Na+]. The minimum absolute atomic E-state index is 0. The maximum absolute atomic E-state index is 9.54. The number of carboxylic acid groups (broad SMARTS) is 1. The second-order valence-electron chi connectivity index (χ2n) is 0.861. The van der Waals surface area contributed by atoms with Crippen LogP contribution in [0.5, 0.6) is 0 Å². The molecule has 0 atom stereocenters. The van der Waals surface area contributed by atoms with Crippen molar-refractivity contribution in [3.05, 3.63) is 0 Å². The van der Waals surface area contributed by atoms with Crippen molar-refractivity contribution in [2.24, 2.45) is 0 Å². The topological polar surface area (TPSA) is 54.4 Å². The molecular formula is C3H7Na3O3. The van der Waals surface area contributed by atoms with Gasteiger partial charge in [0.05, 0.1) is 0 Å². The Bertz CT molecular complexity index is 90.0. The van der Waals surface area contributed by atoms with Crippen LogP contribution in [-0.2, 0) is 9.59 Å². The third-order valence-corrected chi connectivity index (χ3v) is 0.301. The fourth-order valence-electron chi connectivity index (χ4n) is 0. The molecule has 0 saturated heterocycles. The standard InChI is InChI=1S/C3H4O3.3Na.3H/c1-2(4)3(5)6;;;;;;/h1H3,(H,5,6);;;;;;/q;3*+1;3*-1. The van der Waals surface area contributed by atoms with E-state index < -0.39 is 11.8 Å². The summed E-state index contributed by atoms with van der Waals surface area (Å²) in [7, 11) is 0. The number of rotatable bonds is 1. The molecular weight excluding hydrogens is 153 g/mol. The van der Waals surface area contributed by atoms with E-state index in [0.29, 0.717) is 0 Å². The van der Waals surface area contributed by atoms with Gasteiger partial charge in [0.2, 0.25) is 5.78 Å². The average molecular weight is 160 g/mol. The molecule has 0 spiro atoms. The molecule has 3 nitrogen and oxygen atoms in total. The molecule has 0 aliphatic heterocycles. The van der Waals surface area contributed by atoms with Crippen molar-refractivity contribution in [2.75, 3.05) is 0 Å². The molecule has 0 heterocycles. The summed E-state index contributed by atoms with van der Waals surface area (Å²) in [6, 6.07) is 0. The van der Waals surface area contributed by atoms with Crippen molar-refractivity contribution in [1.82, 2.24) is 0 Å². The summed E-state index contributed by atoms with van der Waals surface area (Å²) >= 11 is 0. The van der Waals surface area contributed by atoms with Gasteiger partial charge in [-0.15, -0.1) is 0 Å². The van der Waals surface area contributed by atoms with E-state index >= 15 is 0 Å². The van der Waals surface area contributed by atoms with Gasteiger partial charge in [-0.1, -0.05) is 0 Å². The summed E-state index contributed by atoms with van der Waals surface area (Å²) in [4.78, 5) is 18.9. The predicted octanol–water partition coefficient (Wildman–Crippen LogP) is -8.99. The Kier molecular flexibility index (Phi) is 31.9. The summed E-state index contributed by atoms with van der Waals surface area (Å²) in [6.45, 7) is 1.00. The summed E-state index contributed by atoms with van der Waals surface area (Å²) < 4.78 is 0. The van der Waals surface area contributed by atoms with Crippen molar-refractivity contribution >= 4 is 11.8 Å². The molecule has 40 valence electrons. The Morgan fingerprint density at radius 3 is 1.33 bits per heavy atom. The largest absolute Gasteiger partial charge is 1.00 e. The monoisotopic (exact) mass is 160 g/mol. The van der Waals surface area contributed by atoms with E-state index in [1.807, 2.05) is 0 Å². The maximum Gasteiger partial charge on any atom is 1.00 e. The van der Waals surface area contributed by atoms with Crippen LogP contribution in [0.25, 0.3) is 0 Å². The van der Waals surface area contributed by atoms with Crippen LogP contribution >= 0.6 is 0 Å². The average Bonchev–Trinajstić information content (AvgIpc) is 1.36. The van der Waals surface area contributed by atoms with Crippen molar-refractivity contribution in [2.45, 2.75) is 6.92 Å². The number of hydrogen-bond donors (Lipinski definition) is 1. The first-order chi connectivity index (χ1) is 2.64. The summed E-state index contributed by atoms with van der Waals surface area (Å²) in [5, 5.41) is 7.64. The van der Waals surface area contributed by atoms with Crippen molar-refractivity contribution < 1.29 is 108 Å². The third-order valence-electron chi connectivity index (χ3n) is 0.301. The zero-order chi connectivity index (χ0) is 5.15. The van der Waals surface area contributed by atoms with Crippen LogP contribution in [0, 0.1) is 0 Å². The third kappa shape index (κ3) is 17.8. The Morgan fingerprint density at radius 1 is 1.22 bits per heavy atom. The molecule has 0 aromatic carbocycles. The molecule has 0 aliphatic carbocycles. The molecule has 0 aromatic rings. The van der Waals surface area contributed by atoms with E-state index in [9.17, 15) is 9.59 Å². The quantitative estimate of drug-likeness (QED) is 0.306. The molecule has 0 saturated carbocycles. The van der Waals surface area contributed by atoms with Gasteiger partial charge < -0.3 is 9.39 Å². The van der Waals surface area contributed by atoms with Gasteiger partial charge in [0.1, 0.15) is 0 Å². The van der Waals surface area contributed by atoms with Gasteiger partial charge in [0, 0.05) is 6.92 Å². The van der Waals surface area contributed by atoms with Crippen LogP contribution < -0.4 is 88.7 Å².